The molecule has 2 aliphatic heterocycles. The Morgan fingerprint density at radius 3 is 2.48 bits per heavy atom. The van der Waals surface area contributed by atoms with Crippen LogP contribution in [0.1, 0.15) is 36.3 Å². The molecule has 2 aromatic rings. The van der Waals surface area contributed by atoms with E-state index in [-0.39, 0.29) is 24.2 Å². The van der Waals surface area contributed by atoms with Crippen molar-refractivity contribution in [2.45, 2.75) is 43.1 Å². The molecule has 2 fully saturated rings. The van der Waals surface area contributed by atoms with Gasteiger partial charge in [0.05, 0.1) is 17.5 Å². The van der Waals surface area contributed by atoms with E-state index < -0.39 is 5.79 Å². The number of ether oxygens (including phenoxy) is 2. The molecule has 2 saturated heterocycles. The largest absolute Gasteiger partial charge is 0.448 e. The summed E-state index contributed by atoms with van der Waals surface area (Å²) in [4.78, 5) is 14.7. The summed E-state index contributed by atoms with van der Waals surface area (Å²) >= 11 is 3.32. The minimum absolute atomic E-state index is 0.0474. The van der Waals surface area contributed by atoms with Gasteiger partial charge in [0.25, 0.3) is 0 Å². The average Bonchev–Trinajstić information content (AvgIpc) is 3.27. The number of hydrogen-bond donors (Lipinski definition) is 1. The summed E-state index contributed by atoms with van der Waals surface area (Å²) < 4.78 is 11.6. The number of halogens is 1. The van der Waals surface area contributed by atoms with Crippen LogP contribution in [0.25, 0.3) is 11.1 Å². The lowest BCUT2D eigenvalue weighted by Gasteiger charge is -2.35. The van der Waals surface area contributed by atoms with E-state index in [0.717, 1.165) is 12.8 Å². The van der Waals surface area contributed by atoms with Crippen molar-refractivity contribution < 1.29 is 19.4 Å². The maximum absolute atomic E-state index is 13.0. The maximum atomic E-state index is 13.0. The standard InChI is InChI=1S/C23H24BrNO4/c24-14-23(27)12-20-21(29-23)10-5-11-25(20)22(26)28-13-19-17-8-3-1-6-15(17)16-7-2-4-9-18(16)19/h1-4,6-9,19-21,27H,5,10-14H2/t20-,21-,23?/m1/s1. The van der Waals surface area contributed by atoms with Crippen molar-refractivity contribution in [2.75, 3.05) is 18.5 Å². The summed E-state index contributed by atoms with van der Waals surface area (Å²) in [5.74, 6) is -1.16. The topological polar surface area (TPSA) is 59.0 Å². The monoisotopic (exact) mass is 457 g/mol. The van der Waals surface area contributed by atoms with Gasteiger partial charge in [-0.05, 0) is 35.1 Å². The van der Waals surface area contributed by atoms with E-state index in [2.05, 4.69) is 40.2 Å². The van der Waals surface area contributed by atoms with Crippen LogP contribution < -0.4 is 0 Å². The molecule has 6 heteroatoms. The highest BCUT2D eigenvalue weighted by Crippen LogP contribution is 2.45. The summed E-state index contributed by atoms with van der Waals surface area (Å²) in [6.45, 7) is 0.948. The number of likely N-dealkylation sites (tertiary alicyclic amines) is 1. The van der Waals surface area contributed by atoms with Gasteiger partial charge in [0, 0.05) is 18.9 Å². The number of aliphatic hydroxyl groups is 1. The van der Waals surface area contributed by atoms with Crippen molar-refractivity contribution in [3.63, 3.8) is 0 Å². The van der Waals surface area contributed by atoms with Gasteiger partial charge in [-0.1, -0.05) is 64.5 Å². The third-order valence-electron chi connectivity index (χ3n) is 6.40. The molecular formula is C23H24BrNO4. The van der Waals surface area contributed by atoms with Crippen molar-refractivity contribution in [1.82, 2.24) is 4.90 Å². The lowest BCUT2D eigenvalue weighted by atomic mass is 9.97. The number of piperidine rings is 1. The van der Waals surface area contributed by atoms with Crippen LogP contribution >= 0.6 is 15.9 Å². The number of carbonyl (C=O) groups excluding carboxylic acids is 1. The van der Waals surface area contributed by atoms with E-state index in [1.807, 2.05) is 24.3 Å². The van der Waals surface area contributed by atoms with Crippen molar-refractivity contribution in [3.05, 3.63) is 59.7 Å². The number of nitrogens with zero attached hydrogens (tertiary/aromatic N) is 1. The zero-order valence-electron chi connectivity index (χ0n) is 16.1. The van der Waals surface area contributed by atoms with Crippen LogP contribution in [0, 0.1) is 0 Å². The van der Waals surface area contributed by atoms with Crippen molar-refractivity contribution in [2.24, 2.45) is 0 Å². The Hall–Kier alpha value is -1.89. The lowest BCUT2D eigenvalue weighted by Crippen LogP contribution is -2.49. The first kappa shape index (κ1) is 19.1. The first-order chi connectivity index (χ1) is 14.1. The van der Waals surface area contributed by atoms with Crippen molar-refractivity contribution in [1.29, 1.82) is 0 Å². The van der Waals surface area contributed by atoms with Gasteiger partial charge in [-0.25, -0.2) is 4.79 Å². The predicted molar refractivity (Wildman–Crippen MR) is 113 cm³/mol. The molecule has 152 valence electrons. The first-order valence-electron chi connectivity index (χ1n) is 10.2. The SMILES string of the molecule is O=C(OCC1c2ccccc2-c2ccccc21)N1CCC[C@H]2OC(O)(CBr)C[C@H]21. The second-order valence-corrected chi connectivity index (χ2v) is 8.71. The molecule has 3 atom stereocenters. The highest BCUT2D eigenvalue weighted by Gasteiger charge is 2.50. The molecule has 2 aromatic carbocycles. The normalized spacial score (nSPS) is 28.0. The zero-order chi connectivity index (χ0) is 20.0. The average molecular weight is 458 g/mol. The Morgan fingerprint density at radius 1 is 1.17 bits per heavy atom. The molecule has 5 rings (SSSR count). The van der Waals surface area contributed by atoms with Crippen LogP contribution in [-0.4, -0.2) is 52.5 Å². The number of carbonyl (C=O) groups is 1. The number of hydrogen-bond acceptors (Lipinski definition) is 4. The molecular weight excluding hydrogens is 434 g/mol. The van der Waals surface area contributed by atoms with Crippen LogP contribution in [0.3, 0.4) is 0 Å². The van der Waals surface area contributed by atoms with Gasteiger partial charge in [-0.15, -0.1) is 0 Å². The van der Waals surface area contributed by atoms with E-state index in [1.54, 1.807) is 4.90 Å². The Bertz CT molecular complexity index is 889. The molecule has 3 aliphatic rings. The molecule has 1 amide bonds. The lowest BCUT2D eigenvalue weighted by molar-refractivity contribution is -0.176. The van der Waals surface area contributed by atoms with E-state index in [1.165, 1.54) is 22.3 Å². The molecule has 29 heavy (non-hydrogen) atoms. The van der Waals surface area contributed by atoms with E-state index in [4.69, 9.17) is 9.47 Å². The number of fused-ring (bicyclic) bond motifs is 4. The molecule has 2 heterocycles. The predicted octanol–water partition coefficient (Wildman–Crippen LogP) is 4.27. The minimum atomic E-state index is -1.21. The molecule has 1 unspecified atom stereocenters. The van der Waals surface area contributed by atoms with Gasteiger partial charge < -0.3 is 19.5 Å². The van der Waals surface area contributed by atoms with Crippen LogP contribution in [0.2, 0.25) is 0 Å². The molecule has 5 nitrogen and oxygen atoms in total. The molecule has 1 N–H and O–H groups in total. The van der Waals surface area contributed by atoms with Crippen molar-refractivity contribution >= 4 is 22.0 Å². The third kappa shape index (κ3) is 3.27. The Kier molecular flexibility index (Phi) is 4.88. The summed E-state index contributed by atoms with van der Waals surface area (Å²) in [7, 11) is 0. The van der Waals surface area contributed by atoms with E-state index in [9.17, 15) is 9.90 Å². The fraction of sp³-hybridized carbons (Fsp3) is 0.435. The smallest absolute Gasteiger partial charge is 0.410 e. The minimum Gasteiger partial charge on any atom is -0.448 e. The van der Waals surface area contributed by atoms with Gasteiger partial charge in [0.1, 0.15) is 6.61 Å². The Morgan fingerprint density at radius 2 is 1.83 bits per heavy atom. The summed E-state index contributed by atoms with van der Waals surface area (Å²) in [5.41, 5.74) is 4.84. The fourth-order valence-corrected chi connectivity index (χ4v) is 5.41. The molecule has 1 aliphatic carbocycles. The summed E-state index contributed by atoms with van der Waals surface area (Å²) in [5, 5.41) is 10.8. The van der Waals surface area contributed by atoms with Crippen LogP contribution in [0.5, 0.6) is 0 Å². The third-order valence-corrected chi connectivity index (χ3v) is 7.27. The second-order valence-electron chi connectivity index (χ2n) is 8.15. The number of amides is 1. The Labute approximate surface area is 178 Å². The second kappa shape index (κ2) is 7.42. The highest BCUT2D eigenvalue weighted by molar-refractivity contribution is 9.09. The Balaban J connectivity index is 1.32. The molecule has 0 spiro atoms. The van der Waals surface area contributed by atoms with Crippen molar-refractivity contribution in [3.8, 4) is 11.1 Å². The quantitative estimate of drug-likeness (QED) is 0.698. The molecule has 0 saturated carbocycles. The van der Waals surface area contributed by atoms with Gasteiger partial charge in [-0.2, -0.15) is 0 Å². The molecule has 0 radical (unpaired) electrons. The number of rotatable bonds is 3. The summed E-state index contributed by atoms with van der Waals surface area (Å²) in [6, 6.07) is 16.5. The van der Waals surface area contributed by atoms with E-state index >= 15 is 0 Å². The molecule has 0 bridgehead atoms. The first-order valence-corrected chi connectivity index (χ1v) is 11.3. The van der Waals surface area contributed by atoms with Crippen LogP contribution in [-0.2, 0) is 9.47 Å². The number of alkyl halides is 1. The van der Waals surface area contributed by atoms with Gasteiger partial charge in [-0.3, -0.25) is 0 Å². The number of benzene rings is 2. The van der Waals surface area contributed by atoms with Gasteiger partial charge >= 0.3 is 6.09 Å². The van der Waals surface area contributed by atoms with Crippen LogP contribution in [0.15, 0.2) is 48.5 Å². The van der Waals surface area contributed by atoms with Crippen LogP contribution in [0.4, 0.5) is 4.79 Å². The fourth-order valence-electron chi connectivity index (χ4n) is 5.05. The molecule has 0 aromatic heterocycles. The maximum Gasteiger partial charge on any atom is 0.410 e. The zero-order valence-corrected chi connectivity index (χ0v) is 17.7. The van der Waals surface area contributed by atoms with E-state index in [0.29, 0.717) is 24.9 Å². The summed E-state index contributed by atoms with van der Waals surface area (Å²) in [6.07, 6.45) is 1.67. The van der Waals surface area contributed by atoms with Gasteiger partial charge in [0.15, 0.2) is 5.79 Å². The highest BCUT2D eigenvalue weighted by atomic mass is 79.9. The van der Waals surface area contributed by atoms with Gasteiger partial charge in [0.2, 0.25) is 0 Å².